The molecule has 0 saturated carbocycles. The molecule has 0 N–H and O–H groups in total. The van der Waals surface area contributed by atoms with Gasteiger partial charge in [-0.1, -0.05) is 11.2 Å². The van der Waals surface area contributed by atoms with Crippen molar-refractivity contribution in [3.05, 3.63) is 52.2 Å². The summed E-state index contributed by atoms with van der Waals surface area (Å²) in [6, 6.07) is 7.66. The Kier molecular flexibility index (Phi) is 4.79. The standard InChI is InChI=1S/C19H20N4O2S/c1-13-15(7-11-26-13)12-17(24)23-9-5-14(6-10-23)19-21-18(22-25-19)16-4-2-3-8-20-16/h2-4,7-8,11,14H,5-6,9-10,12H2,1H3. The molecule has 1 fully saturated rings. The van der Waals surface area contributed by atoms with Crippen LogP contribution < -0.4 is 0 Å². The fourth-order valence-electron chi connectivity index (χ4n) is 3.25. The highest BCUT2D eigenvalue weighted by Gasteiger charge is 2.28. The zero-order valence-electron chi connectivity index (χ0n) is 14.6. The molecule has 0 radical (unpaired) electrons. The van der Waals surface area contributed by atoms with E-state index in [1.54, 1.807) is 17.5 Å². The topological polar surface area (TPSA) is 72.1 Å². The molecule has 6 nitrogen and oxygen atoms in total. The number of likely N-dealkylation sites (tertiary alicyclic amines) is 1. The quantitative estimate of drug-likeness (QED) is 0.705. The Balaban J connectivity index is 1.36. The normalized spacial score (nSPS) is 15.3. The summed E-state index contributed by atoms with van der Waals surface area (Å²) in [5.74, 6) is 1.56. The van der Waals surface area contributed by atoms with Crippen molar-refractivity contribution < 1.29 is 9.32 Å². The van der Waals surface area contributed by atoms with Gasteiger partial charge in [-0.3, -0.25) is 9.78 Å². The predicted octanol–water partition coefficient (Wildman–Crippen LogP) is 3.45. The maximum Gasteiger partial charge on any atom is 0.230 e. The van der Waals surface area contributed by atoms with E-state index in [2.05, 4.69) is 22.0 Å². The van der Waals surface area contributed by atoms with Crippen molar-refractivity contribution in [2.75, 3.05) is 13.1 Å². The molecule has 0 bridgehead atoms. The van der Waals surface area contributed by atoms with Gasteiger partial charge in [0, 0.05) is 30.1 Å². The van der Waals surface area contributed by atoms with E-state index in [-0.39, 0.29) is 11.8 Å². The van der Waals surface area contributed by atoms with Gasteiger partial charge in [-0.15, -0.1) is 11.3 Å². The van der Waals surface area contributed by atoms with E-state index in [0.717, 1.165) is 31.5 Å². The lowest BCUT2D eigenvalue weighted by Crippen LogP contribution is -2.38. The van der Waals surface area contributed by atoms with Gasteiger partial charge >= 0.3 is 0 Å². The molecular weight excluding hydrogens is 348 g/mol. The Morgan fingerprint density at radius 2 is 2.15 bits per heavy atom. The van der Waals surface area contributed by atoms with Crippen LogP contribution in [0.3, 0.4) is 0 Å². The minimum Gasteiger partial charge on any atom is -0.342 e. The molecule has 134 valence electrons. The van der Waals surface area contributed by atoms with Crippen LogP contribution >= 0.6 is 11.3 Å². The first-order chi connectivity index (χ1) is 12.7. The van der Waals surface area contributed by atoms with Crippen LogP contribution in [0.25, 0.3) is 11.5 Å². The third-order valence-electron chi connectivity index (χ3n) is 4.84. The Morgan fingerprint density at radius 1 is 1.31 bits per heavy atom. The second kappa shape index (κ2) is 7.37. The molecule has 3 aromatic rings. The monoisotopic (exact) mass is 368 g/mol. The summed E-state index contributed by atoms with van der Waals surface area (Å²) in [4.78, 5) is 24.4. The van der Waals surface area contributed by atoms with Crippen LogP contribution in [0, 0.1) is 6.92 Å². The van der Waals surface area contributed by atoms with E-state index in [4.69, 9.17) is 4.52 Å². The smallest absolute Gasteiger partial charge is 0.230 e. The molecule has 1 aliphatic rings. The highest BCUT2D eigenvalue weighted by molar-refractivity contribution is 7.10. The van der Waals surface area contributed by atoms with Crippen LogP contribution in [0.2, 0.25) is 0 Å². The van der Waals surface area contributed by atoms with Crippen LogP contribution in [-0.2, 0) is 11.2 Å². The van der Waals surface area contributed by atoms with E-state index in [1.807, 2.05) is 34.5 Å². The number of rotatable bonds is 4. The third kappa shape index (κ3) is 3.53. The van der Waals surface area contributed by atoms with Crippen LogP contribution in [0.4, 0.5) is 0 Å². The number of hydrogen-bond donors (Lipinski definition) is 0. The van der Waals surface area contributed by atoms with Crippen LogP contribution in [0.15, 0.2) is 40.4 Å². The van der Waals surface area contributed by atoms with Crippen molar-refractivity contribution in [1.82, 2.24) is 20.0 Å². The van der Waals surface area contributed by atoms with Crippen molar-refractivity contribution in [2.24, 2.45) is 0 Å². The fraction of sp³-hybridized carbons (Fsp3) is 0.368. The van der Waals surface area contributed by atoms with E-state index in [9.17, 15) is 4.79 Å². The summed E-state index contributed by atoms with van der Waals surface area (Å²) in [5, 5.41) is 6.09. The van der Waals surface area contributed by atoms with Crippen LogP contribution in [0.1, 0.15) is 35.1 Å². The number of pyridine rings is 1. The highest BCUT2D eigenvalue weighted by atomic mass is 32.1. The summed E-state index contributed by atoms with van der Waals surface area (Å²) in [7, 11) is 0. The van der Waals surface area contributed by atoms with E-state index < -0.39 is 0 Å². The SMILES string of the molecule is Cc1sccc1CC(=O)N1CCC(c2nc(-c3ccccn3)no2)CC1. The summed E-state index contributed by atoms with van der Waals surface area (Å²) < 4.78 is 5.45. The molecule has 0 aromatic carbocycles. The number of carbonyl (C=O) groups excluding carboxylic acids is 1. The van der Waals surface area contributed by atoms with Gasteiger partial charge in [0.15, 0.2) is 0 Å². The third-order valence-corrected chi connectivity index (χ3v) is 5.73. The minimum absolute atomic E-state index is 0.199. The number of nitrogens with zero attached hydrogens (tertiary/aromatic N) is 4. The Bertz CT molecular complexity index is 882. The van der Waals surface area contributed by atoms with Gasteiger partial charge < -0.3 is 9.42 Å². The number of aromatic nitrogens is 3. The second-order valence-electron chi connectivity index (χ2n) is 6.51. The van der Waals surface area contributed by atoms with Crippen molar-refractivity contribution in [3.63, 3.8) is 0 Å². The van der Waals surface area contributed by atoms with Crippen LogP contribution in [0.5, 0.6) is 0 Å². The molecule has 0 spiro atoms. The molecule has 0 aliphatic carbocycles. The molecule has 4 heterocycles. The first-order valence-electron chi connectivity index (χ1n) is 8.76. The number of carbonyl (C=O) groups is 1. The molecular formula is C19H20N4O2S. The van der Waals surface area contributed by atoms with Gasteiger partial charge in [0.1, 0.15) is 5.69 Å². The van der Waals surface area contributed by atoms with Crippen molar-refractivity contribution >= 4 is 17.2 Å². The minimum atomic E-state index is 0.199. The molecule has 3 aromatic heterocycles. The maximum absolute atomic E-state index is 12.5. The summed E-state index contributed by atoms with van der Waals surface area (Å²) in [5.41, 5.74) is 1.85. The molecule has 0 unspecified atom stereocenters. The Hall–Kier alpha value is -2.54. The predicted molar refractivity (Wildman–Crippen MR) is 98.8 cm³/mol. The van der Waals surface area contributed by atoms with Gasteiger partial charge in [-0.05, 0) is 48.9 Å². The zero-order chi connectivity index (χ0) is 17.9. The number of piperidine rings is 1. The number of aryl methyl sites for hydroxylation is 1. The second-order valence-corrected chi connectivity index (χ2v) is 7.63. The molecule has 1 aliphatic heterocycles. The molecule has 1 saturated heterocycles. The summed E-state index contributed by atoms with van der Waals surface area (Å²) in [6.07, 6.45) is 3.89. The van der Waals surface area contributed by atoms with Crippen molar-refractivity contribution in [3.8, 4) is 11.5 Å². The lowest BCUT2D eigenvalue weighted by molar-refractivity contribution is -0.131. The highest BCUT2D eigenvalue weighted by Crippen LogP contribution is 2.28. The summed E-state index contributed by atoms with van der Waals surface area (Å²) >= 11 is 1.69. The average Bonchev–Trinajstić information content (AvgIpc) is 3.32. The summed E-state index contributed by atoms with van der Waals surface area (Å²) in [6.45, 7) is 3.52. The van der Waals surface area contributed by atoms with Crippen molar-refractivity contribution in [1.29, 1.82) is 0 Å². The molecule has 26 heavy (non-hydrogen) atoms. The van der Waals surface area contributed by atoms with E-state index >= 15 is 0 Å². The molecule has 1 amide bonds. The zero-order valence-corrected chi connectivity index (χ0v) is 15.4. The van der Waals surface area contributed by atoms with Gasteiger partial charge in [0.25, 0.3) is 0 Å². The fourth-order valence-corrected chi connectivity index (χ4v) is 3.97. The number of hydrogen-bond acceptors (Lipinski definition) is 6. The molecule has 0 atom stereocenters. The van der Waals surface area contributed by atoms with Gasteiger partial charge in [-0.2, -0.15) is 4.98 Å². The Labute approximate surface area is 155 Å². The van der Waals surface area contributed by atoms with Gasteiger partial charge in [0.05, 0.1) is 6.42 Å². The van der Waals surface area contributed by atoms with Crippen molar-refractivity contribution in [2.45, 2.75) is 32.1 Å². The molecule has 7 heteroatoms. The van der Waals surface area contributed by atoms with E-state index in [0.29, 0.717) is 23.8 Å². The first-order valence-corrected chi connectivity index (χ1v) is 9.64. The lowest BCUT2D eigenvalue weighted by Gasteiger charge is -2.30. The van der Waals surface area contributed by atoms with E-state index in [1.165, 1.54) is 4.88 Å². The first kappa shape index (κ1) is 16.9. The maximum atomic E-state index is 12.5. The molecule has 4 rings (SSSR count). The van der Waals surface area contributed by atoms with Gasteiger partial charge in [0.2, 0.25) is 17.6 Å². The Morgan fingerprint density at radius 3 is 2.85 bits per heavy atom. The average molecular weight is 368 g/mol. The van der Waals surface area contributed by atoms with Crippen LogP contribution in [-0.4, -0.2) is 39.0 Å². The van der Waals surface area contributed by atoms with Gasteiger partial charge in [-0.25, -0.2) is 0 Å². The lowest BCUT2D eigenvalue weighted by atomic mass is 9.96. The largest absolute Gasteiger partial charge is 0.342 e. The number of amides is 1. The number of thiophene rings is 1.